The van der Waals surface area contributed by atoms with Crippen molar-refractivity contribution in [3.05, 3.63) is 0 Å². The second kappa shape index (κ2) is 7.22. The van der Waals surface area contributed by atoms with Gasteiger partial charge in [0.1, 0.15) is 0 Å². The molecule has 0 aromatic carbocycles. The molecule has 1 saturated carbocycles. The molecule has 5 heteroatoms. The van der Waals surface area contributed by atoms with Crippen LogP contribution in [0.25, 0.3) is 0 Å². The van der Waals surface area contributed by atoms with E-state index in [4.69, 9.17) is 15.2 Å². The maximum atomic E-state index is 11.9. The van der Waals surface area contributed by atoms with Gasteiger partial charge in [0, 0.05) is 19.2 Å². The van der Waals surface area contributed by atoms with E-state index >= 15 is 0 Å². The third-order valence-electron chi connectivity index (χ3n) is 4.19. The van der Waals surface area contributed by atoms with Gasteiger partial charge < -0.3 is 20.5 Å². The number of nitrogens with one attached hydrogen (secondary N) is 1. The monoisotopic (exact) mass is 270 g/mol. The summed E-state index contributed by atoms with van der Waals surface area (Å²) in [5.74, 6) is 0.104. The smallest absolute Gasteiger partial charge is 0.225 e. The molecule has 5 nitrogen and oxygen atoms in total. The Hall–Kier alpha value is -0.650. The van der Waals surface area contributed by atoms with Gasteiger partial charge in [-0.15, -0.1) is 0 Å². The molecule has 1 amide bonds. The molecule has 1 saturated heterocycles. The maximum Gasteiger partial charge on any atom is 0.225 e. The molecule has 0 aromatic rings. The van der Waals surface area contributed by atoms with Crippen molar-refractivity contribution in [3.63, 3.8) is 0 Å². The Kier molecular flexibility index (Phi) is 5.60. The summed E-state index contributed by atoms with van der Waals surface area (Å²) < 4.78 is 11.2. The van der Waals surface area contributed by atoms with Gasteiger partial charge >= 0.3 is 0 Å². The number of carbonyl (C=O) groups is 1. The van der Waals surface area contributed by atoms with E-state index in [1.807, 2.05) is 6.92 Å². The van der Waals surface area contributed by atoms with Crippen molar-refractivity contribution in [1.29, 1.82) is 0 Å². The van der Waals surface area contributed by atoms with Crippen LogP contribution in [-0.4, -0.2) is 43.9 Å². The Morgan fingerprint density at radius 3 is 2.68 bits per heavy atom. The highest BCUT2D eigenvalue weighted by atomic mass is 16.5. The van der Waals surface area contributed by atoms with Gasteiger partial charge in [0.05, 0.1) is 24.7 Å². The van der Waals surface area contributed by atoms with Crippen LogP contribution in [0, 0.1) is 5.92 Å². The lowest BCUT2D eigenvalue weighted by Gasteiger charge is -2.26. The molecule has 2 atom stereocenters. The fourth-order valence-electron chi connectivity index (χ4n) is 2.86. The van der Waals surface area contributed by atoms with Crippen LogP contribution in [0.2, 0.25) is 0 Å². The number of amides is 1. The summed E-state index contributed by atoms with van der Waals surface area (Å²) in [5.41, 5.74) is 5.85. The predicted octanol–water partition coefficient (Wildman–Crippen LogP) is 0.814. The molecule has 0 aromatic heterocycles. The zero-order chi connectivity index (χ0) is 13.7. The first-order valence-electron chi connectivity index (χ1n) is 7.43. The average Bonchev–Trinajstić information content (AvgIpc) is 2.83. The third kappa shape index (κ3) is 4.44. The highest BCUT2D eigenvalue weighted by molar-refractivity contribution is 5.79. The number of ether oxygens (including phenoxy) is 2. The molecule has 110 valence electrons. The molecule has 1 heterocycles. The van der Waals surface area contributed by atoms with Crippen LogP contribution in [0.5, 0.6) is 0 Å². The van der Waals surface area contributed by atoms with Crippen molar-refractivity contribution in [2.45, 2.75) is 57.3 Å². The van der Waals surface area contributed by atoms with Crippen LogP contribution in [0.3, 0.4) is 0 Å². The second-order valence-electron chi connectivity index (χ2n) is 5.67. The Morgan fingerprint density at radius 1 is 1.32 bits per heavy atom. The summed E-state index contributed by atoms with van der Waals surface area (Å²) >= 11 is 0. The third-order valence-corrected chi connectivity index (χ3v) is 4.19. The minimum atomic E-state index is 0.00711. The van der Waals surface area contributed by atoms with Crippen LogP contribution >= 0.6 is 0 Å². The molecule has 19 heavy (non-hydrogen) atoms. The predicted molar refractivity (Wildman–Crippen MR) is 72.7 cm³/mol. The maximum absolute atomic E-state index is 11.9. The summed E-state index contributed by atoms with van der Waals surface area (Å²) in [4.78, 5) is 11.9. The van der Waals surface area contributed by atoms with Gasteiger partial charge in [0.2, 0.25) is 5.91 Å². The largest absolute Gasteiger partial charge is 0.378 e. The fraction of sp³-hybridized carbons (Fsp3) is 0.929. The number of rotatable bonds is 5. The van der Waals surface area contributed by atoms with E-state index in [0.717, 1.165) is 32.1 Å². The SMILES string of the molecule is CC1OCCC1C(=O)NCCOC1CCC(N)CC1. The molecule has 1 aliphatic carbocycles. The van der Waals surface area contributed by atoms with Gasteiger partial charge in [-0.05, 0) is 39.0 Å². The Labute approximate surface area is 115 Å². The zero-order valence-electron chi connectivity index (χ0n) is 11.8. The summed E-state index contributed by atoms with van der Waals surface area (Å²) in [6.45, 7) is 3.83. The van der Waals surface area contributed by atoms with E-state index < -0.39 is 0 Å². The van der Waals surface area contributed by atoms with Crippen LogP contribution in [0.1, 0.15) is 39.0 Å². The summed E-state index contributed by atoms with van der Waals surface area (Å²) in [7, 11) is 0. The molecular formula is C14H26N2O3. The molecular weight excluding hydrogens is 244 g/mol. The van der Waals surface area contributed by atoms with Crippen LogP contribution < -0.4 is 11.1 Å². The number of carbonyl (C=O) groups excluding carboxylic acids is 1. The topological polar surface area (TPSA) is 73.6 Å². The Bertz CT molecular complexity index is 290. The highest BCUT2D eigenvalue weighted by Crippen LogP contribution is 2.21. The lowest BCUT2D eigenvalue weighted by Crippen LogP contribution is -2.37. The molecule has 1 aliphatic heterocycles. The molecule has 0 radical (unpaired) electrons. The van der Waals surface area contributed by atoms with Crippen molar-refractivity contribution < 1.29 is 14.3 Å². The van der Waals surface area contributed by atoms with E-state index in [9.17, 15) is 4.79 Å². The fourth-order valence-corrected chi connectivity index (χ4v) is 2.86. The molecule has 3 N–H and O–H groups in total. The number of hydrogen-bond donors (Lipinski definition) is 2. The number of hydrogen-bond acceptors (Lipinski definition) is 4. The average molecular weight is 270 g/mol. The highest BCUT2D eigenvalue weighted by Gasteiger charge is 2.30. The van der Waals surface area contributed by atoms with Gasteiger partial charge in [-0.3, -0.25) is 4.79 Å². The first-order chi connectivity index (χ1) is 9.16. The van der Waals surface area contributed by atoms with E-state index in [-0.39, 0.29) is 17.9 Å². The normalized spacial score (nSPS) is 35.3. The van der Waals surface area contributed by atoms with E-state index in [1.165, 1.54) is 0 Å². The zero-order valence-corrected chi connectivity index (χ0v) is 11.8. The van der Waals surface area contributed by atoms with Gasteiger partial charge in [0.15, 0.2) is 0 Å². The van der Waals surface area contributed by atoms with E-state index in [0.29, 0.717) is 31.9 Å². The van der Waals surface area contributed by atoms with Gasteiger partial charge in [-0.2, -0.15) is 0 Å². The van der Waals surface area contributed by atoms with Gasteiger partial charge in [-0.1, -0.05) is 0 Å². The first kappa shape index (κ1) is 14.8. The summed E-state index contributed by atoms with van der Waals surface area (Å²) in [5, 5.41) is 2.93. The molecule has 0 bridgehead atoms. The van der Waals surface area contributed by atoms with Gasteiger partial charge in [0.25, 0.3) is 0 Å². The quantitative estimate of drug-likeness (QED) is 0.725. The van der Waals surface area contributed by atoms with Crippen LogP contribution in [0.15, 0.2) is 0 Å². The minimum absolute atomic E-state index is 0.00711. The molecule has 2 unspecified atom stereocenters. The lowest BCUT2D eigenvalue weighted by molar-refractivity contribution is -0.126. The van der Waals surface area contributed by atoms with E-state index in [1.54, 1.807) is 0 Å². The Balaban J connectivity index is 1.55. The first-order valence-corrected chi connectivity index (χ1v) is 7.43. The summed E-state index contributed by atoms with van der Waals surface area (Å²) in [6.07, 6.45) is 5.38. The van der Waals surface area contributed by atoms with Crippen LogP contribution in [0.4, 0.5) is 0 Å². The van der Waals surface area contributed by atoms with Gasteiger partial charge in [-0.25, -0.2) is 0 Å². The molecule has 0 spiro atoms. The van der Waals surface area contributed by atoms with Crippen molar-refractivity contribution in [2.75, 3.05) is 19.8 Å². The van der Waals surface area contributed by atoms with Crippen molar-refractivity contribution in [2.24, 2.45) is 11.7 Å². The summed E-state index contributed by atoms with van der Waals surface area (Å²) in [6, 6.07) is 0.350. The van der Waals surface area contributed by atoms with E-state index in [2.05, 4.69) is 5.32 Å². The molecule has 2 fully saturated rings. The minimum Gasteiger partial charge on any atom is -0.378 e. The second-order valence-corrected chi connectivity index (χ2v) is 5.67. The Morgan fingerprint density at radius 2 is 2.05 bits per heavy atom. The van der Waals surface area contributed by atoms with Crippen LogP contribution in [-0.2, 0) is 14.3 Å². The van der Waals surface area contributed by atoms with Crippen molar-refractivity contribution in [1.82, 2.24) is 5.32 Å². The lowest BCUT2D eigenvalue weighted by atomic mass is 9.94. The van der Waals surface area contributed by atoms with Crippen molar-refractivity contribution >= 4 is 5.91 Å². The standard InChI is InChI=1S/C14H26N2O3/c1-10-13(6-8-18-10)14(17)16-7-9-19-12-4-2-11(15)3-5-12/h10-13H,2-9,15H2,1H3,(H,16,17). The molecule has 2 aliphatic rings. The number of nitrogens with two attached hydrogens (primary N) is 1. The molecule has 2 rings (SSSR count). The van der Waals surface area contributed by atoms with Crippen molar-refractivity contribution in [3.8, 4) is 0 Å².